The van der Waals surface area contributed by atoms with Crippen molar-refractivity contribution in [3.63, 3.8) is 0 Å². The minimum absolute atomic E-state index is 0.0184. The topological polar surface area (TPSA) is 235 Å². The molecule has 2 aliphatic rings. The summed E-state index contributed by atoms with van der Waals surface area (Å²) < 4.78 is 16.1. The number of phosphoric ester groups is 1. The van der Waals surface area contributed by atoms with Crippen LogP contribution in [-0.2, 0) is 47.9 Å². The standard InChI is InChI=1S/C49H73N8O9P/c1-3-4-5-6-7-8-9-10-11-12-13-14-18-21-45(58)53-41(30-36-22-25-40(26-23-36)66-67(63,64)65)47(60)55-43-34-56(2)29-28-39-24-27-44(57(39)49(43)62)48(61)54-42(31-38-33-50-35-52-38)46(59)51-32-37-19-16-15-17-20-37/h15-17,19-20,22-23,25-26,33,35,39,41-44H,3-14,18,21,24,27-32,34H2,1-2H3,(H,50,52)(H,51,59)(H,53,58)(H,54,61)(H,55,60)(H2,63,64,65)/t39-,41+,42+,43+,44+/m1/s1. The SMILES string of the molecule is CCCCCCCCCCCCCCCC(=O)N[C@@H](Cc1ccc(OP(=O)(O)O)cc1)C(=O)N[C@H]1CN(C)CC[C@H]2CC[C@@H](C(=O)N[C@@H](Cc3cnc[nH]3)C(=O)NCc3ccccc3)N2C1=O. The summed E-state index contributed by atoms with van der Waals surface area (Å²) in [6.45, 7) is 3.25. The summed E-state index contributed by atoms with van der Waals surface area (Å²) in [5.74, 6) is -2.26. The normalized spacial score (nSPS) is 18.5. The van der Waals surface area contributed by atoms with Crippen LogP contribution in [0.4, 0.5) is 0 Å². The van der Waals surface area contributed by atoms with Gasteiger partial charge in [0.2, 0.25) is 29.5 Å². The minimum Gasteiger partial charge on any atom is -0.404 e. The Balaban J connectivity index is 1.22. The van der Waals surface area contributed by atoms with Crippen LogP contribution in [0.3, 0.4) is 0 Å². The van der Waals surface area contributed by atoms with E-state index < -0.39 is 55.6 Å². The third kappa shape index (κ3) is 18.5. The predicted molar refractivity (Wildman–Crippen MR) is 255 cm³/mol. The van der Waals surface area contributed by atoms with E-state index in [1.54, 1.807) is 23.2 Å². The third-order valence-electron chi connectivity index (χ3n) is 12.7. The molecule has 0 radical (unpaired) electrons. The lowest BCUT2D eigenvalue weighted by atomic mass is 10.0. The number of carbonyl (C=O) groups is 5. The molecule has 0 unspecified atom stereocenters. The number of aromatic nitrogens is 2. The van der Waals surface area contributed by atoms with Crippen LogP contribution in [0.15, 0.2) is 67.1 Å². The number of imidazole rings is 1. The summed E-state index contributed by atoms with van der Waals surface area (Å²) in [6, 6.07) is 11.0. The van der Waals surface area contributed by atoms with Gasteiger partial charge in [-0.3, -0.25) is 33.8 Å². The second-order valence-corrected chi connectivity index (χ2v) is 19.4. The van der Waals surface area contributed by atoms with Crippen LogP contribution in [0.25, 0.3) is 0 Å². The van der Waals surface area contributed by atoms with E-state index in [2.05, 4.69) is 38.2 Å². The predicted octanol–water partition coefficient (Wildman–Crippen LogP) is 5.61. The number of rotatable bonds is 28. The fourth-order valence-corrected chi connectivity index (χ4v) is 9.40. The van der Waals surface area contributed by atoms with Crippen molar-refractivity contribution in [1.82, 2.24) is 41.0 Å². The monoisotopic (exact) mass is 949 g/mol. The highest BCUT2D eigenvalue weighted by atomic mass is 31.2. The Morgan fingerprint density at radius 1 is 0.806 bits per heavy atom. The molecule has 3 heterocycles. The van der Waals surface area contributed by atoms with E-state index in [1.165, 1.54) is 76.2 Å². The van der Waals surface area contributed by atoms with Crippen molar-refractivity contribution in [2.45, 2.75) is 166 Å². The number of fused-ring (bicyclic) bond motifs is 1. The van der Waals surface area contributed by atoms with Crippen LogP contribution in [0.2, 0.25) is 0 Å². The van der Waals surface area contributed by atoms with Gasteiger partial charge < -0.3 is 40.6 Å². The highest BCUT2D eigenvalue weighted by molar-refractivity contribution is 7.46. The molecule has 0 bridgehead atoms. The molecular weight excluding hydrogens is 876 g/mol. The molecule has 2 aromatic carbocycles. The highest BCUT2D eigenvalue weighted by Gasteiger charge is 2.45. The van der Waals surface area contributed by atoms with Gasteiger partial charge in [-0.25, -0.2) is 9.55 Å². The van der Waals surface area contributed by atoms with Gasteiger partial charge in [-0.15, -0.1) is 0 Å². The number of H-pyrrole nitrogens is 1. The average Bonchev–Trinajstić information content (AvgIpc) is 3.98. The number of hydrogen-bond donors (Lipinski definition) is 7. The summed E-state index contributed by atoms with van der Waals surface area (Å²) in [7, 11) is -2.93. The molecular formula is C49H73N8O9P. The van der Waals surface area contributed by atoms with E-state index in [0.29, 0.717) is 43.5 Å². The molecule has 3 aromatic rings. The molecule has 18 heteroatoms. The van der Waals surface area contributed by atoms with E-state index in [4.69, 9.17) is 4.52 Å². The zero-order valence-corrected chi connectivity index (χ0v) is 40.2. The number of amides is 5. The molecule has 2 aliphatic heterocycles. The zero-order valence-electron chi connectivity index (χ0n) is 39.3. The molecule has 7 N–H and O–H groups in total. The number of aromatic amines is 1. The second kappa shape index (κ2) is 27.7. The fourth-order valence-electron chi connectivity index (χ4n) is 9.01. The summed E-state index contributed by atoms with van der Waals surface area (Å²) in [5, 5.41) is 11.7. The number of carbonyl (C=O) groups excluding carboxylic acids is 5. The maximum Gasteiger partial charge on any atom is 0.524 e. The summed E-state index contributed by atoms with van der Waals surface area (Å²) in [6.07, 6.45) is 20.2. The quantitative estimate of drug-likeness (QED) is 0.0349. The Bertz CT molecular complexity index is 2030. The lowest BCUT2D eigenvalue weighted by Crippen LogP contribution is -2.62. The maximum absolute atomic E-state index is 14.7. The lowest BCUT2D eigenvalue weighted by Gasteiger charge is -2.38. The van der Waals surface area contributed by atoms with E-state index >= 15 is 0 Å². The van der Waals surface area contributed by atoms with Crippen LogP contribution in [0.5, 0.6) is 5.75 Å². The smallest absolute Gasteiger partial charge is 0.404 e. The van der Waals surface area contributed by atoms with Crippen LogP contribution in [0, 0.1) is 0 Å². The Labute approximate surface area is 395 Å². The van der Waals surface area contributed by atoms with Crippen LogP contribution in [0.1, 0.15) is 133 Å². The number of nitrogens with zero attached hydrogens (tertiary/aromatic N) is 3. The molecule has 5 amide bonds. The molecule has 2 fully saturated rings. The molecule has 0 spiro atoms. The van der Waals surface area contributed by atoms with Gasteiger partial charge in [-0.2, -0.15) is 0 Å². The lowest BCUT2D eigenvalue weighted by molar-refractivity contribution is -0.145. The van der Waals surface area contributed by atoms with E-state index in [0.717, 1.165) is 24.8 Å². The fraction of sp³-hybridized carbons (Fsp3) is 0.592. The highest BCUT2D eigenvalue weighted by Crippen LogP contribution is 2.37. The Morgan fingerprint density at radius 2 is 1.45 bits per heavy atom. The van der Waals surface area contributed by atoms with Gasteiger partial charge in [0, 0.05) is 50.3 Å². The van der Waals surface area contributed by atoms with Crippen molar-refractivity contribution in [2.75, 3.05) is 20.1 Å². The molecule has 5 atom stereocenters. The van der Waals surface area contributed by atoms with Crippen LogP contribution in [-0.4, -0.2) is 109 Å². The van der Waals surface area contributed by atoms with Crippen LogP contribution < -0.4 is 25.8 Å². The second-order valence-electron chi connectivity index (χ2n) is 18.2. The first kappa shape index (κ1) is 52.9. The summed E-state index contributed by atoms with van der Waals surface area (Å²) in [5.41, 5.74) is 2.12. The first-order chi connectivity index (χ1) is 32.3. The molecule has 0 aliphatic carbocycles. The van der Waals surface area contributed by atoms with Crippen molar-refractivity contribution < 1.29 is 42.8 Å². The number of likely N-dealkylation sites (N-methyl/N-ethyl adjacent to an activating group) is 1. The Kier molecular flexibility index (Phi) is 21.8. The average molecular weight is 949 g/mol. The number of unbranched alkanes of at least 4 members (excludes halogenated alkanes) is 12. The molecule has 67 heavy (non-hydrogen) atoms. The van der Waals surface area contributed by atoms with E-state index in [1.807, 2.05) is 42.3 Å². The van der Waals surface area contributed by atoms with Gasteiger partial charge in [0.15, 0.2) is 0 Å². The first-order valence-electron chi connectivity index (χ1n) is 24.3. The van der Waals surface area contributed by atoms with Gasteiger partial charge >= 0.3 is 7.82 Å². The zero-order chi connectivity index (χ0) is 48.0. The number of nitrogens with one attached hydrogen (secondary N) is 5. The Morgan fingerprint density at radius 3 is 2.07 bits per heavy atom. The largest absolute Gasteiger partial charge is 0.524 e. The first-order valence-corrected chi connectivity index (χ1v) is 25.9. The van der Waals surface area contributed by atoms with Gasteiger partial charge in [0.05, 0.1) is 6.33 Å². The van der Waals surface area contributed by atoms with Gasteiger partial charge in [0.1, 0.15) is 29.9 Å². The Hall–Kier alpha value is -5.09. The summed E-state index contributed by atoms with van der Waals surface area (Å²) in [4.78, 5) is 99.3. The number of hydrogen-bond acceptors (Lipinski definition) is 9. The van der Waals surface area contributed by atoms with Crippen molar-refractivity contribution in [2.24, 2.45) is 0 Å². The van der Waals surface area contributed by atoms with Gasteiger partial charge in [-0.1, -0.05) is 126 Å². The number of phosphoric acid groups is 1. The molecule has 1 aromatic heterocycles. The molecule has 5 rings (SSSR count). The maximum atomic E-state index is 14.7. The van der Waals surface area contributed by atoms with Crippen molar-refractivity contribution in [1.29, 1.82) is 0 Å². The molecule has 0 saturated carbocycles. The van der Waals surface area contributed by atoms with Crippen molar-refractivity contribution in [3.8, 4) is 5.75 Å². The van der Waals surface area contributed by atoms with Crippen LogP contribution >= 0.6 is 7.82 Å². The van der Waals surface area contributed by atoms with Crippen molar-refractivity contribution >= 4 is 37.4 Å². The van der Waals surface area contributed by atoms with Gasteiger partial charge in [-0.05, 0) is 62.5 Å². The molecule has 2 saturated heterocycles. The van der Waals surface area contributed by atoms with Crippen molar-refractivity contribution in [3.05, 3.63) is 83.9 Å². The molecule has 17 nitrogen and oxygen atoms in total. The van der Waals surface area contributed by atoms with Gasteiger partial charge in [0.25, 0.3) is 0 Å². The third-order valence-corrected chi connectivity index (χ3v) is 13.1. The van der Waals surface area contributed by atoms with E-state index in [-0.39, 0.29) is 50.1 Å². The minimum atomic E-state index is -4.80. The number of benzene rings is 2. The summed E-state index contributed by atoms with van der Waals surface area (Å²) >= 11 is 0. The van der Waals surface area contributed by atoms with E-state index in [9.17, 15) is 38.3 Å². The molecule has 368 valence electrons.